The summed E-state index contributed by atoms with van der Waals surface area (Å²) in [6, 6.07) is 3.37. The van der Waals surface area contributed by atoms with Crippen LogP contribution >= 0.6 is 0 Å². The largest absolute Gasteiger partial charge is 0.508 e. The second-order valence-corrected chi connectivity index (χ2v) is 2.79. The normalized spacial score (nSPS) is 12.5. The fraction of sp³-hybridized carbons (Fsp3) is 0.250. The zero-order valence-corrected chi connectivity index (χ0v) is 7.10. The first-order valence-electron chi connectivity index (χ1n) is 3.75. The van der Waals surface area contributed by atoms with Crippen LogP contribution in [-0.2, 0) is 0 Å². The van der Waals surface area contributed by atoms with Gasteiger partial charge in [0, 0.05) is 23.7 Å². The molecule has 70 valence electrons. The summed E-state index contributed by atoms with van der Waals surface area (Å²) in [4.78, 5) is 9.85. The molecule has 3 N–H and O–H groups in total. The number of hydrogen-bond acceptors (Lipinski definition) is 4. The standard InChI is InChI=1S/C8H10N2O3/c1-5(9)7-4-6(10(12)13)2-3-8(7)11/h2-5,11H,9H2,1H3. The molecule has 0 aromatic heterocycles. The number of rotatable bonds is 2. The maximum absolute atomic E-state index is 10.4. The van der Waals surface area contributed by atoms with Gasteiger partial charge in [-0.25, -0.2) is 0 Å². The van der Waals surface area contributed by atoms with Crippen molar-refractivity contribution in [3.63, 3.8) is 0 Å². The number of nitro benzene ring substituents is 1. The molecular formula is C8H10N2O3. The molecule has 1 atom stereocenters. The van der Waals surface area contributed by atoms with Crippen LogP contribution < -0.4 is 5.73 Å². The molecule has 0 aliphatic rings. The third-order valence-electron chi connectivity index (χ3n) is 1.71. The van der Waals surface area contributed by atoms with Gasteiger partial charge < -0.3 is 10.8 Å². The summed E-state index contributed by atoms with van der Waals surface area (Å²) in [6.45, 7) is 1.65. The zero-order chi connectivity index (χ0) is 10.0. The highest BCUT2D eigenvalue weighted by Gasteiger charge is 2.12. The quantitative estimate of drug-likeness (QED) is 0.533. The van der Waals surface area contributed by atoms with Crippen molar-refractivity contribution in [1.82, 2.24) is 0 Å². The van der Waals surface area contributed by atoms with Crippen LogP contribution in [0.1, 0.15) is 18.5 Å². The zero-order valence-electron chi connectivity index (χ0n) is 7.10. The van der Waals surface area contributed by atoms with Crippen molar-refractivity contribution >= 4 is 5.69 Å². The van der Waals surface area contributed by atoms with Crippen LogP contribution in [0.4, 0.5) is 5.69 Å². The van der Waals surface area contributed by atoms with E-state index in [-0.39, 0.29) is 11.4 Å². The Bertz CT molecular complexity index is 336. The average Bonchev–Trinajstić information content (AvgIpc) is 2.04. The van der Waals surface area contributed by atoms with Crippen LogP contribution in [0, 0.1) is 10.1 Å². The number of aromatic hydroxyl groups is 1. The highest BCUT2D eigenvalue weighted by Crippen LogP contribution is 2.26. The van der Waals surface area contributed by atoms with Gasteiger partial charge in [-0.2, -0.15) is 0 Å². The Morgan fingerprint density at radius 2 is 2.23 bits per heavy atom. The second-order valence-electron chi connectivity index (χ2n) is 2.79. The molecule has 13 heavy (non-hydrogen) atoms. The van der Waals surface area contributed by atoms with E-state index in [1.165, 1.54) is 18.2 Å². The summed E-state index contributed by atoms with van der Waals surface area (Å²) in [5.74, 6) is -0.0133. The van der Waals surface area contributed by atoms with E-state index in [0.717, 1.165) is 0 Å². The number of phenolic OH excluding ortho intramolecular Hbond substituents is 1. The number of nitrogens with two attached hydrogens (primary N) is 1. The number of phenols is 1. The molecule has 5 nitrogen and oxygen atoms in total. The van der Waals surface area contributed by atoms with Crippen molar-refractivity contribution in [1.29, 1.82) is 0 Å². The van der Waals surface area contributed by atoms with E-state index < -0.39 is 11.0 Å². The SMILES string of the molecule is CC(N)c1cc([N+](=O)[O-])ccc1O. The molecule has 1 aromatic rings. The number of nitrogens with zero attached hydrogens (tertiary/aromatic N) is 1. The minimum atomic E-state index is -0.522. The van der Waals surface area contributed by atoms with E-state index in [9.17, 15) is 15.2 Å². The van der Waals surface area contributed by atoms with Crippen molar-refractivity contribution in [2.75, 3.05) is 0 Å². The smallest absolute Gasteiger partial charge is 0.270 e. The third kappa shape index (κ3) is 1.94. The van der Waals surface area contributed by atoms with Crippen LogP contribution in [0.15, 0.2) is 18.2 Å². The van der Waals surface area contributed by atoms with Gasteiger partial charge in [-0.1, -0.05) is 0 Å². The van der Waals surface area contributed by atoms with Gasteiger partial charge >= 0.3 is 0 Å². The van der Waals surface area contributed by atoms with Gasteiger partial charge in [0.25, 0.3) is 5.69 Å². The van der Waals surface area contributed by atoms with Gasteiger partial charge in [0.05, 0.1) is 4.92 Å². The van der Waals surface area contributed by atoms with E-state index in [1.54, 1.807) is 6.92 Å². The predicted molar refractivity (Wildman–Crippen MR) is 47.4 cm³/mol. The van der Waals surface area contributed by atoms with Crippen molar-refractivity contribution < 1.29 is 10.0 Å². The van der Waals surface area contributed by atoms with Crippen LogP contribution in [0.2, 0.25) is 0 Å². The molecule has 5 heteroatoms. The molecule has 0 saturated heterocycles. The first-order chi connectivity index (χ1) is 6.02. The van der Waals surface area contributed by atoms with E-state index in [4.69, 9.17) is 5.73 Å². The lowest BCUT2D eigenvalue weighted by Crippen LogP contribution is -2.05. The van der Waals surface area contributed by atoms with Gasteiger partial charge in [-0.3, -0.25) is 10.1 Å². The molecule has 0 aliphatic heterocycles. The lowest BCUT2D eigenvalue weighted by Gasteiger charge is -2.06. The molecule has 0 amide bonds. The first kappa shape index (κ1) is 9.47. The maximum atomic E-state index is 10.4. The van der Waals surface area contributed by atoms with Crippen molar-refractivity contribution in [3.8, 4) is 5.75 Å². The van der Waals surface area contributed by atoms with E-state index in [2.05, 4.69) is 0 Å². The molecule has 0 spiro atoms. The molecule has 1 unspecified atom stereocenters. The fourth-order valence-corrected chi connectivity index (χ4v) is 1.02. The molecule has 0 fully saturated rings. The summed E-state index contributed by atoms with van der Waals surface area (Å²) in [6.07, 6.45) is 0. The summed E-state index contributed by atoms with van der Waals surface area (Å²) in [7, 11) is 0. The Labute approximate surface area is 74.9 Å². The molecule has 0 aliphatic carbocycles. The summed E-state index contributed by atoms with van der Waals surface area (Å²) >= 11 is 0. The number of non-ortho nitro benzene ring substituents is 1. The molecule has 0 bridgehead atoms. The minimum absolute atomic E-state index is 0.0133. The monoisotopic (exact) mass is 182 g/mol. The summed E-state index contributed by atoms with van der Waals surface area (Å²) in [5.41, 5.74) is 5.82. The van der Waals surface area contributed by atoms with Crippen LogP contribution in [0.5, 0.6) is 5.75 Å². The van der Waals surface area contributed by atoms with Crippen LogP contribution in [0.25, 0.3) is 0 Å². The molecule has 1 aromatic carbocycles. The van der Waals surface area contributed by atoms with Gasteiger partial charge in [-0.05, 0) is 13.0 Å². The summed E-state index contributed by atoms with van der Waals surface area (Å²) in [5, 5.41) is 19.7. The number of hydrogen-bond donors (Lipinski definition) is 2. The topological polar surface area (TPSA) is 89.4 Å². The summed E-state index contributed by atoms with van der Waals surface area (Å²) < 4.78 is 0. The predicted octanol–water partition coefficient (Wildman–Crippen LogP) is 1.32. The number of nitro groups is 1. The lowest BCUT2D eigenvalue weighted by atomic mass is 10.1. The third-order valence-corrected chi connectivity index (χ3v) is 1.71. The average molecular weight is 182 g/mol. The van der Waals surface area contributed by atoms with Crippen molar-refractivity contribution in [3.05, 3.63) is 33.9 Å². The minimum Gasteiger partial charge on any atom is -0.508 e. The van der Waals surface area contributed by atoms with E-state index in [1.807, 2.05) is 0 Å². The maximum Gasteiger partial charge on any atom is 0.270 e. The second kappa shape index (κ2) is 3.40. The molecule has 0 saturated carbocycles. The van der Waals surface area contributed by atoms with Crippen LogP contribution in [-0.4, -0.2) is 10.0 Å². The van der Waals surface area contributed by atoms with Gasteiger partial charge in [0.15, 0.2) is 0 Å². The van der Waals surface area contributed by atoms with Crippen LogP contribution in [0.3, 0.4) is 0 Å². The highest BCUT2D eigenvalue weighted by atomic mass is 16.6. The Balaban J connectivity index is 3.19. The highest BCUT2D eigenvalue weighted by molar-refractivity contribution is 5.44. The van der Waals surface area contributed by atoms with Crippen molar-refractivity contribution in [2.24, 2.45) is 5.73 Å². The molecule has 0 radical (unpaired) electrons. The van der Waals surface area contributed by atoms with Crippen molar-refractivity contribution in [2.45, 2.75) is 13.0 Å². The Kier molecular flexibility index (Phi) is 2.48. The van der Waals surface area contributed by atoms with E-state index in [0.29, 0.717) is 5.56 Å². The van der Waals surface area contributed by atoms with Gasteiger partial charge in [0.1, 0.15) is 5.75 Å². The Morgan fingerprint density at radius 3 is 2.69 bits per heavy atom. The Morgan fingerprint density at radius 1 is 1.62 bits per heavy atom. The first-order valence-corrected chi connectivity index (χ1v) is 3.75. The van der Waals surface area contributed by atoms with Gasteiger partial charge in [-0.15, -0.1) is 0 Å². The lowest BCUT2D eigenvalue weighted by molar-refractivity contribution is -0.385. The van der Waals surface area contributed by atoms with Gasteiger partial charge in [0.2, 0.25) is 0 Å². The Hall–Kier alpha value is -1.62. The molecular weight excluding hydrogens is 172 g/mol. The fourth-order valence-electron chi connectivity index (χ4n) is 1.02. The molecule has 0 heterocycles. The molecule has 1 rings (SSSR count). The number of benzene rings is 1. The van der Waals surface area contributed by atoms with E-state index >= 15 is 0 Å².